The van der Waals surface area contributed by atoms with E-state index in [1.165, 1.54) is 18.1 Å². The fourth-order valence-corrected chi connectivity index (χ4v) is 3.24. The van der Waals surface area contributed by atoms with Gasteiger partial charge in [0.05, 0.1) is 19.6 Å². The number of carbonyl (C=O) groups is 1. The third-order valence-corrected chi connectivity index (χ3v) is 4.51. The number of fused-ring (bicyclic) bond motifs is 1. The highest BCUT2D eigenvalue weighted by Gasteiger charge is 2.32. The zero-order valence-corrected chi connectivity index (χ0v) is 12.8. The molecule has 3 rings (SSSR count). The zero-order chi connectivity index (χ0) is 15.5. The smallest absolute Gasteiger partial charge is 0.305 e. The number of rotatable bonds is 5. The second-order valence-corrected chi connectivity index (χ2v) is 5.98. The molecule has 1 fully saturated rings. The van der Waals surface area contributed by atoms with Crippen LogP contribution >= 0.6 is 0 Å². The van der Waals surface area contributed by atoms with Gasteiger partial charge in [-0.2, -0.15) is 0 Å². The summed E-state index contributed by atoms with van der Waals surface area (Å²) in [7, 11) is 1.39. The van der Waals surface area contributed by atoms with E-state index in [1.807, 2.05) is 12.1 Å². The van der Waals surface area contributed by atoms with E-state index in [2.05, 4.69) is 28.2 Å². The number of benzene rings is 1. The number of carbonyl (C=O) groups excluding carboxylic acids is 1. The van der Waals surface area contributed by atoms with Gasteiger partial charge in [-0.25, -0.2) is 0 Å². The van der Waals surface area contributed by atoms with Crippen molar-refractivity contribution < 1.29 is 14.6 Å². The maximum atomic E-state index is 11.4. The molecule has 0 saturated carbocycles. The Morgan fingerprint density at radius 3 is 3.05 bits per heavy atom. The van der Waals surface area contributed by atoms with Crippen molar-refractivity contribution in [1.82, 2.24) is 9.88 Å². The van der Waals surface area contributed by atoms with Gasteiger partial charge in [0.25, 0.3) is 0 Å². The van der Waals surface area contributed by atoms with Crippen LogP contribution in [0, 0.1) is 5.92 Å². The number of H-pyrrole nitrogens is 1. The Balaban J connectivity index is 1.57. The third kappa shape index (κ3) is 3.15. The lowest BCUT2D eigenvalue weighted by atomic mass is 10.0. The number of nitrogens with one attached hydrogen (secondary N) is 1. The molecule has 0 radical (unpaired) electrons. The first-order chi connectivity index (χ1) is 10.7. The van der Waals surface area contributed by atoms with E-state index in [4.69, 9.17) is 4.74 Å². The summed E-state index contributed by atoms with van der Waals surface area (Å²) in [5.74, 6) is -0.266. The monoisotopic (exact) mass is 302 g/mol. The number of esters is 1. The van der Waals surface area contributed by atoms with Crippen LogP contribution in [0.3, 0.4) is 0 Å². The molecule has 0 amide bonds. The van der Waals surface area contributed by atoms with Gasteiger partial charge in [0.2, 0.25) is 0 Å². The predicted molar refractivity (Wildman–Crippen MR) is 84.6 cm³/mol. The molecule has 1 aliphatic rings. The summed E-state index contributed by atoms with van der Waals surface area (Å²) < 4.78 is 4.69. The van der Waals surface area contributed by atoms with E-state index in [-0.39, 0.29) is 11.9 Å². The largest absolute Gasteiger partial charge is 0.469 e. The van der Waals surface area contributed by atoms with Crippen molar-refractivity contribution in [2.45, 2.75) is 18.9 Å². The number of hydrogen-bond donors (Lipinski definition) is 2. The topological polar surface area (TPSA) is 65.6 Å². The Hall–Kier alpha value is -1.85. The van der Waals surface area contributed by atoms with Crippen LogP contribution in [0.1, 0.15) is 12.0 Å². The summed E-state index contributed by atoms with van der Waals surface area (Å²) >= 11 is 0. The number of aliphatic hydroxyl groups excluding tert-OH is 1. The highest BCUT2D eigenvalue weighted by Crippen LogP contribution is 2.23. The van der Waals surface area contributed by atoms with Crippen molar-refractivity contribution in [2.75, 3.05) is 26.7 Å². The van der Waals surface area contributed by atoms with E-state index in [0.29, 0.717) is 13.0 Å². The molecule has 0 bridgehead atoms. The number of ether oxygens (including phenoxy) is 1. The van der Waals surface area contributed by atoms with Crippen LogP contribution in [-0.4, -0.2) is 53.8 Å². The predicted octanol–water partition coefficient (Wildman–Crippen LogP) is 1.57. The lowest BCUT2D eigenvalue weighted by Crippen LogP contribution is -2.24. The summed E-state index contributed by atoms with van der Waals surface area (Å²) in [6, 6.07) is 8.27. The highest BCUT2D eigenvalue weighted by molar-refractivity contribution is 5.83. The van der Waals surface area contributed by atoms with E-state index in [0.717, 1.165) is 25.0 Å². The van der Waals surface area contributed by atoms with Gasteiger partial charge >= 0.3 is 5.97 Å². The van der Waals surface area contributed by atoms with Gasteiger partial charge in [0.15, 0.2) is 0 Å². The fourth-order valence-electron chi connectivity index (χ4n) is 3.24. The van der Waals surface area contributed by atoms with Crippen molar-refractivity contribution in [3.63, 3.8) is 0 Å². The SMILES string of the molecule is COC(=O)C[C@@H]1CN(CCc2c[nH]c3ccccc23)C[C@H]1O. The molecule has 1 saturated heterocycles. The first-order valence-corrected chi connectivity index (χ1v) is 7.69. The fraction of sp³-hybridized carbons (Fsp3) is 0.471. The Morgan fingerprint density at radius 2 is 2.23 bits per heavy atom. The van der Waals surface area contributed by atoms with Crippen LogP contribution in [0.25, 0.3) is 10.9 Å². The van der Waals surface area contributed by atoms with Crippen molar-refractivity contribution in [3.05, 3.63) is 36.0 Å². The normalized spacial score (nSPS) is 22.3. The Kier molecular flexibility index (Phi) is 4.45. The van der Waals surface area contributed by atoms with Gasteiger partial charge < -0.3 is 19.7 Å². The van der Waals surface area contributed by atoms with Crippen molar-refractivity contribution in [3.8, 4) is 0 Å². The van der Waals surface area contributed by atoms with Crippen LogP contribution in [0.5, 0.6) is 0 Å². The number of aliphatic hydroxyl groups is 1. The summed E-state index contributed by atoms with van der Waals surface area (Å²) in [5, 5.41) is 11.3. The Morgan fingerprint density at radius 1 is 1.41 bits per heavy atom. The molecule has 1 aromatic carbocycles. The van der Waals surface area contributed by atoms with Crippen molar-refractivity contribution >= 4 is 16.9 Å². The highest BCUT2D eigenvalue weighted by atomic mass is 16.5. The number of hydrogen-bond acceptors (Lipinski definition) is 4. The number of methoxy groups -OCH3 is 1. The van der Waals surface area contributed by atoms with Crippen LogP contribution in [0.2, 0.25) is 0 Å². The van der Waals surface area contributed by atoms with Crippen molar-refractivity contribution in [2.24, 2.45) is 5.92 Å². The average Bonchev–Trinajstić information content (AvgIpc) is 3.09. The minimum atomic E-state index is -0.443. The summed E-state index contributed by atoms with van der Waals surface area (Å²) in [4.78, 5) is 16.9. The van der Waals surface area contributed by atoms with Gasteiger partial charge in [0.1, 0.15) is 0 Å². The van der Waals surface area contributed by atoms with Crippen LogP contribution in [0.4, 0.5) is 0 Å². The lowest BCUT2D eigenvalue weighted by molar-refractivity contribution is -0.142. The van der Waals surface area contributed by atoms with Gasteiger partial charge in [0, 0.05) is 42.7 Å². The quantitative estimate of drug-likeness (QED) is 0.823. The standard InChI is InChI=1S/C17H22N2O3/c1-22-17(21)8-13-10-19(11-16(13)20)7-6-12-9-18-15-5-3-2-4-14(12)15/h2-5,9,13,16,18,20H,6-8,10-11H2,1H3/t13-,16-/m1/s1. The van der Waals surface area contributed by atoms with Gasteiger partial charge in [-0.15, -0.1) is 0 Å². The van der Waals surface area contributed by atoms with Gasteiger partial charge in [-0.05, 0) is 18.1 Å². The molecule has 2 N–H and O–H groups in total. The number of para-hydroxylation sites is 1. The molecule has 5 heteroatoms. The third-order valence-electron chi connectivity index (χ3n) is 4.51. The Bertz CT molecular complexity index is 652. The van der Waals surface area contributed by atoms with E-state index in [9.17, 15) is 9.90 Å². The molecule has 0 aliphatic carbocycles. The molecule has 0 spiro atoms. The number of aromatic amines is 1. The molecular formula is C17H22N2O3. The molecule has 118 valence electrons. The van der Waals surface area contributed by atoms with E-state index in [1.54, 1.807) is 0 Å². The number of likely N-dealkylation sites (tertiary alicyclic amines) is 1. The van der Waals surface area contributed by atoms with Crippen LogP contribution in [-0.2, 0) is 16.0 Å². The maximum Gasteiger partial charge on any atom is 0.305 e. The molecular weight excluding hydrogens is 280 g/mol. The molecule has 2 aromatic rings. The van der Waals surface area contributed by atoms with Crippen molar-refractivity contribution in [1.29, 1.82) is 0 Å². The lowest BCUT2D eigenvalue weighted by Gasteiger charge is -2.14. The second kappa shape index (κ2) is 6.50. The number of nitrogens with zero attached hydrogens (tertiary/aromatic N) is 1. The Labute approximate surface area is 129 Å². The minimum Gasteiger partial charge on any atom is -0.469 e. The summed E-state index contributed by atoms with van der Waals surface area (Å²) in [6.45, 7) is 2.26. The molecule has 1 aliphatic heterocycles. The zero-order valence-electron chi connectivity index (χ0n) is 12.8. The molecule has 2 atom stereocenters. The average molecular weight is 302 g/mol. The first kappa shape index (κ1) is 15.1. The molecule has 1 aromatic heterocycles. The van der Waals surface area contributed by atoms with E-state index < -0.39 is 6.10 Å². The molecule has 0 unspecified atom stereocenters. The van der Waals surface area contributed by atoms with Crippen LogP contribution in [0.15, 0.2) is 30.5 Å². The molecule has 22 heavy (non-hydrogen) atoms. The second-order valence-electron chi connectivity index (χ2n) is 5.98. The number of aromatic nitrogens is 1. The number of β-amino-alcohol motifs (C(OH)–C–C–N with tert-alkyl or cyclic N) is 1. The van der Waals surface area contributed by atoms with Crippen LogP contribution < -0.4 is 0 Å². The molecule has 2 heterocycles. The van der Waals surface area contributed by atoms with E-state index >= 15 is 0 Å². The molecule has 5 nitrogen and oxygen atoms in total. The first-order valence-electron chi connectivity index (χ1n) is 7.69. The van der Waals surface area contributed by atoms with Gasteiger partial charge in [-0.1, -0.05) is 18.2 Å². The van der Waals surface area contributed by atoms with Gasteiger partial charge in [-0.3, -0.25) is 4.79 Å². The summed E-state index contributed by atoms with van der Waals surface area (Å²) in [5.41, 5.74) is 2.45. The summed E-state index contributed by atoms with van der Waals surface area (Å²) in [6.07, 6.45) is 2.84. The maximum absolute atomic E-state index is 11.4. The minimum absolute atomic E-state index is 0.0181.